The van der Waals surface area contributed by atoms with Crippen LogP contribution in [0.15, 0.2) is 42.6 Å². The number of carbonyl (C=O) groups is 1. The van der Waals surface area contributed by atoms with Crippen molar-refractivity contribution >= 4 is 5.97 Å². The molecule has 2 rings (SSSR count). The zero-order valence-electron chi connectivity index (χ0n) is 18.4. The lowest BCUT2D eigenvalue weighted by molar-refractivity contribution is -0.147. The van der Waals surface area contributed by atoms with Crippen LogP contribution in [-0.4, -0.2) is 46.3 Å². The van der Waals surface area contributed by atoms with Crippen LogP contribution in [0.5, 0.6) is 0 Å². The molecule has 0 unspecified atom stereocenters. The first-order chi connectivity index (χ1) is 14.4. The lowest BCUT2D eigenvalue weighted by Gasteiger charge is -2.26. The number of nitrogens with zero attached hydrogens (tertiary/aromatic N) is 2. The van der Waals surface area contributed by atoms with Crippen LogP contribution >= 0.6 is 0 Å². The topological polar surface area (TPSA) is 54.7 Å². The van der Waals surface area contributed by atoms with Gasteiger partial charge in [0.1, 0.15) is 18.5 Å². The van der Waals surface area contributed by atoms with E-state index in [1.54, 1.807) is 12.1 Å². The largest absolute Gasteiger partial charge is 0.463 e. The van der Waals surface area contributed by atoms with E-state index in [0.29, 0.717) is 32.0 Å². The molecule has 0 aliphatic rings. The van der Waals surface area contributed by atoms with Crippen LogP contribution in [-0.2, 0) is 22.6 Å². The van der Waals surface area contributed by atoms with E-state index in [1.165, 1.54) is 6.07 Å². The zero-order chi connectivity index (χ0) is 21.9. The maximum atomic E-state index is 13.5. The summed E-state index contributed by atoms with van der Waals surface area (Å²) < 4.78 is 20.8. The van der Waals surface area contributed by atoms with Crippen LogP contribution in [0.25, 0.3) is 0 Å². The van der Waals surface area contributed by atoms with Crippen molar-refractivity contribution in [3.05, 3.63) is 59.7 Å². The van der Waals surface area contributed by atoms with Crippen molar-refractivity contribution in [2.24, 2.45) is 5.92 Å². The third-order valence-corrected chi connectivity index (χ3v) is 4.93. The summed E-state index contributed by atoms with van der Waals surface area (Å²) in [5, 5.41) is 10.4. The van der Waals surface area contributed by atoms with Gasteiger partial charge in [0, 0.05) is 37.9 Å². The summed E-state index contributed by atoms with van der Waals surface area (Å²) in [5.74, 6) is 0.0425. The van der Waals surface area contributed by atoms with E-state index >= 15 is 0 Å². The number of aliphatic hydroxyl groups is 1. The smallest absolute Gasteiger partial charge is 0.305 e. The number of aliphatic hydroxyl groups excluding tert-OH is 1. The molecule has 5 nitrogen and oxygen atoms in total. The maximum absolute atomic E-state index is 13.5. The Morgan fingerprint density at radius 3 is 2.77 bits per heavy atom. The quantitative estimate of drug-likeness (QED) is 0.495. The highest BCUT2D eigenvalue weighted by Gasteiger charge is 2.16. The summed E-state index contributed by atoms with van der Waals surface area (Å²) in [6.07, 6.45) is 3.37. The van der Waals surface area contributed by atoms with E-state index in [9.17, 15) is 14.3 Å². The van der Waals surface area contributed by atoms with E-state index < -0.39 is 6.10 Å². The molecule has 0 aliphatic carbocycles. The molecule has 1 N–H and O–H groups in total. The highest BCUT2D eigenvalue weighted by molar-refractivity contribution is 5.69. The minimum absolute atomic E-state index is 0.0152. The fraction of sp³-hybridized carbons (Fsp3) is 0.542. The number of hydrogen-bond donors (Lipinski definition) is 1. The first-order valence-corrected chi connectivity index (χ1v) is 10.8. The molecule has 0 aliphatic heterocycles. The van der Waals surface area contributed by atoms with Gasteiger partial charge in [0.2, 0.25) is 0 Å². The molecule has 0 amide bonds. The predicted octanol–water partition coefficient (Wildman–Crippen LogP) is 4.23. The average molecular weight is 419 g/mol. The second-order valence-electron chi connectivity index (χ2n) is 8.26. The number of esters is 1. The van der Waals surface area contributed by atoms with Crippen molar-refractivity contribution in [1.82, 2.24) is 9.47 Å². The normalized spacial score (nSPS) is 12.5. The molecule has 30 heavy (non-hydrogen) atoms. The molecule has 1 aromatic carbocycles. The van der Waals surface area contributed by atoms with Gasteiger partial charge in [-0.3, -0.25) is 9.69 Å². The van der Waals surface area contributed by atoms with Crippen LogP contribution < -0.4 is 0 Å². The molecule has 0 bridgehead atoms. The number of rotatable bonds is 13. The Labute approximate surface area is 179 Å². The van der Waals surface area contributed by atoms with E-state index in [4.69, 9.17) is 4.74 Å². The Morgan fingerprint density at radius 1 is 1.27 bits per heavy atom. The van der Waals surface area contributed by atoms with Crippen molar-refractivity contribution in [2.75, 3.05) is 19.7 Å². The van der Waals surface area contributed by atoms with Crippen molar-refractivity contribution < 1.29 is 19.0 Å². The molecular weight excluding hydrogens is 383 g/mol. The Balaban J connectivity index is 2.00. The Kier molecular flexibility index (Phi) is 10.0. The van der Waals surface area contributed by atoms with Gasteiger partial charge in [0.25, 0.3) is 0 Å². The number of halogens is 1. The van der Waals surface area contributed by atoms with Gasteiger partial charge in [-0.05, 0) is 55.1 Å². The number of carbonyl (C=O) groups excluding carboxylic acids is 1. The molecule has 0 radical (unpaired) electrons. The Hall–Kier alpha value is -2.18. The van der Waals surface area contributed by atoms with Crippen molar-refractivity contribution in [2.45, 2.75) is 59.2 Å². The monoisotopic (exact) mass is 418 g/mol. The molecule has 0 saturated carbocycles. The molecule has 1 aromatic heterocycles. The van der Waals surface area contributed by atoms with Crippen LogP contribution in [0.2, 0.25) is 0 Å². The molecule has 166 valence electrons. The van der Waals surface area contributed by atoms with Gasteiger partial charge in [-0.2, -0.15) is 0 Å². The molecule has 1 heterocycles. The summed E-state index contributed by atoms with van der Waals surface area (Å²) in [5.41, 5.74) is 2.00. The fourth-order valence-electron chi connectivity index (χ4n) is 3.30. The Bertz CT molecular complexity index is 775. The minimum atomic E-state index is -0.732. The van der Waals surface area contributed by atoms with Crippen LogP contribution in [0.1, 0.15) is 51.3 Å². The van der Waals surface area contributed by atoms with Crippen molar-refractivity contribution in [1.29, 1.82) is 0 Å². The second-order valence-corrected chi connectivity index (χ2v) is 8.26. The van der Waals surface area contributed by atoms with Gasteiger partial charge in [-0.1, -0.05) is 32.9 Å². The molecule has 0 fully saturated rings. The summed E-state index contributed by atoms with van der Waals surface area (Å²) in [4.78, 5) is 13.8. The fourth-order valence-corrected chi connectivity index (χ4v) is 3.30. The number of ether oxygens (including phenoxy) is 1. The molecule has 0 saturated heterocycles. The SMILES string of the molecule is CCCC(=O)OC[C@@H](O)CN(CCC(C)C)Cc1cccn1Cc1cccc(F)c1. The lowest BCUT2D eigenvalue weighted by atomic mass is 10.1. The van der Waals surface area contributed by atoms with Crippen LogP contribution in [0.3, 0.4) is 0 Å². The molecule has 6 heteroatoms. The van der Waals surface area contributed by atoms with Crippen molar-refractivity contribution in [3.63, 3.8) is 0 Å². The summed E-state index contributed by atoms with van der Waals surface area (Å²) in [6.45, 7) is 8.80. The molecule has 0 spiro atoms. The summed E-state index contributed by atoms with van der Waals surface area (Å²) in [7, 11) is 0. The van der Waals surface area contributed by atoms with E-state index in [2.05, 4.69) is 29.4 Å². The summed E-state index contributed by atoms with van der Waals surface area (Å²) >= 11 is 0. The van der Waals surface area contributed by atoms with Gasteiger partial charge in [0.15, 0.2) is 0 Å². The highest BCUT2D eigenvalue weighted by Crippen LogP contribution is 2.13. The minimum Gasteiger partial charge on any atom is -0.463 e. The summed E-state index contributed by atoms with van der Waals surface area (Å²) in [6, 6.07) is 10.7. The molecular formula is C24H35FN2O3. The van der Waals surface area contributed by atoms with Gasteiger partial charge in [-0.15, -0.1) is 0 Å². The second kappa shape index (κ2) is 12.5. The third kappa shape index (κ3) is 8.67. The van der Waals surface area contributed by atoms with E-state index in [-0.39, 0.29) is 18.4 Å². The number of benzene rings is 1. The van der Waals surface area contributed by atoms with Gasteiger partial charge in [0.05, 0.1) is 0 Å². The molecule has 2 aromatic rings. The van der Waals surface area contributed by atoms with Crippen LogP contribution in [0, 0.1) is 11.7 Å². The van der Waals surface area contributed by atoms with Gasteiger partial charge >= 0.3 is 5.97 Å². The Morgan fingerprint density at radius 2 is 2.07 bits per heavy atom. The first kappa shape index (κ1) is 24.1. The average Bonchev–Trinajstić information content (AvgIpc) is 3.11. The first-order valence-electron chi connectivity index (χ1n) is 10.8. The molecule has 1 atom stereocenters. The number of hydrogen-bond acceptors (Lipinski definition) is 4. The zero-order valence-corrected chi connectivity index (χ0v) is 18.4. The van der Waals surface area contributed by atoms with Gasteiger partial charge in [-0.25, -0.2) is 4.39 Å². The maximum Gasteiger partial charge on any atom is 0.305 e. The van der Waals surface area contributed by atoms with E-state index in [0.717, 1.165) is 30.6 Å². The van der Waals surface area contributed by atoms with Gasteiger partial charge < -0.3 is 14.4 Å². The lowest BCUT2D eigenvalue weighted by Crippen LogP contribution is -2.36. The standard InChI is InChI=1S/C24H35FN2O3/c1-4-7-24(29)30-18-23(28)17-26(13-11-19(2)3)16-22-10-6-12-27(22)15-20-8-5-9-21(25)14-20/h5-6,8-10,12,14,19,23,28H,4,7,11,13,15-18H2,1-3H3/t23-/m0/s1. The number of aromatic nitrogens is 1. The van der Waals surface area contributed by atoms with E-state index in [1.807, 2.05) is 25.3 Å². The predicted molar refractivity (Wildman–Crippen MR) is 117 cm³/mol. The highest BCUT2D eigenvalue weighted by atomic mass is 19.1. The van der Waals surface area contributed by atoms with Crippen LogP contribution in [0.4, 0.5) is 4.39 Å². The third-order valence-electron chi connectivity index (χ3n) is 4.93. The van der Waals surface area contributed by atoms with Crippen molar-refractivity contribution in [3.8, 4) is 0 Å².